The first-order valence-electron chi connectivity index (χ1n) is 5.78. The Bertz CT molecular complexity index is 697. The third-order valence-electron chi connectivity index (χ3n) is 2.96. The average Bonchev–Trinajstić information content (AvgIpc) is 2.77. The Morgan fingerprint density at radius 1 is 1.44 bits per heavy atom. The van der Waals surface area contributed by atoms with Crippen molar-refractivity contribution in [2.24, 2.45) is 14.1 Å². The predicted molar refractivity (Wildman–Crippen MR) is 76.7 cm³/mol. The number of nitrogens with zero attached hydrogens (tertiary/aromatic N) is 3. The van der Waals surface area contributed by atoms with Crippen molar-refractivity contribution in [1.82, 2.24) is 19.1 Å². The lowest BCUT2D eigenvalue weighted by molar-refractivity contribution is 0.721. The second-order valence-electron chi connectivity index (χ2n) is 4.28. The van der Waals surface area contributed by atoms with Crippen LogP contribution in [0.5, 0.6) is 0 Å². The molecule has 1 N–H and O–H groups in total. The van der Waals surface area contributed by atoms with Gasteiger partial charge in [0.2, 0.25) is 0 Å². The van der Waals surface area contributed by atoms with Crippen molar-refractivity contribution in [3.63, 3.8) is 0 Å². The molecule has 0 spiro atoms. The molecule has 0 aliphatic carbocycles. The largest absolute Gasteiger partial charge is 0.330 e. The highest BCUT2D eigenvalue weighted by molar-refractivity contribution is 7.99. The molecule has 2 rings (SSSR count). The van der Waals surface area contributed by atoms with E-state index >= 15 is 0 Å². The maximum Gasteiger partial charge on any atom is 0.330 e. The standard InChI is InChI=1S/C11H16N4OS2/c1-5-6(2)18-10-12-7-8(13-10)14(3)11(16)15(4)9(7)17/h6H,5H2,1-4H3,(H,12,13)/t6-/m1/s1. The van der Waals surface area contributed by atoms with Crippen LogP contribution in [-0.4, -0.2) is 24.4 Å². The number of imidazole rings is 1. The molecule has 0 saturated heterocycles. The first-order valence-corrected chi connectivity index (χ1v) is 7.06. The zero-order valence-corrected chi connectivity index (χ0v) is 12.5. The van der Waals surface area contributed by atoms with E-state index in [2.05, 4.69) is 23.8 Å². The maximum absolute atomic E-state index is 11.9. The molecule has 2 heterocycles. The van der Waals surface area contributed by atoms with Crippen LogP contribution in [0.4, 0.5) is 0 Å². The van der Waals surface area contributed by atoms with Gasteiger partial charge in [0.15, 0.2) is 10.8 Å². The van der Waals surface area contributed by atoms with Crippen molar-refractivity contribution in [2.75, 3.05) is 0 Å². The topological polar surface area (TPSA) is 55.6 Å². The van der Waals surface area contributed by atoms with Crippen LogP contribution in [0.25, 0.3) is 11.2 Å². The van der Waals surface area contributed by atoms with Gasteiger partial charge in [0.05, 0.1) is 0 Å². The van der Waals surface area contributed by atoms with E-state index in [1.54, 1.807) is 25.9 Å². The number of hydrogen-bond donors (Lipinski definition) is 1. The molecule has 0 aromatic carbocycles. The van der Waals surface area contributed by atoms with Crippen LogP contribution < -0.4 is 5.69 Å². The molecular weight excluding hydrogens is 268 g/mol. The molecule has 0 saturated carbocycles. The Morgan fingerprint density at radius 2 is 2.11 bits per heavy atom. The van der Waals surface area contributed by atoms with E-state index in [0.29, 0.717) is 15.5 Å². The summed E-state index contributed by atoms with van der Waals surface area (Å²) in [6.07, 6.45) is 1.06. The van der Waals surface area contributed by atoms with Crippen molar-refractivity contribution in [3.8, 4) is 0 Å². The Balaban J connectivity index is 2.65. The maximum atomic E-state index is 11.9. The summed E-state index contributed by atoms with van der Waals surface area (Å²) in [5.41, 5.74) is 1.22. The lowest BCUT2D eigenvalue weighted by Gasteiger charge is -2.03. The highest BCUT2D eigenvalue weighted by Crippen LogP contribution is 2.24. The molecule has 1 atom stereocenters. The van der Waals surface area contributed by atoms with Gasteiger partial charge in [0.1, 0.15) is 10.2 Å². The van der Waals surface area contributed by atoms with Crippen LogP contribution in [0, 0.1) is 4.64 Å². The monoisotopic (exact) mass is 284 g/mol. The first-order chi connectivity index (χ1) is 8.45. The Kier molecular flexibility index (Phi) is 3.63. The SMILES string of the molecule is CC[C@@H](C)Sc1nc2c([nH]1)c(=S)n(C)c(=O)n2C. The van der Waals surface area contributed by atoms with Crippen molar-refractivity contribution < 1.29 is 0 Å². The predicted octanol–water partition coefficient (Wildman–Crippen LogP) is 2.22. The molecule has 0 fully saturated rings. The highest BCUT2D eigenvalue weighted by atomic mass is 32.2. The molecule has 0 radical (unpaired) electrons. The van der Waals surface area contributed by atoms with Crippen molar-refractivity contribution in [1.29, 1.82) is 0 Å². The molecule has 0 amide bonds. The van der Waals surface area contributed by atoms with Crippen molar-refractivity contribution >= 4 is 35.1 Å². The van der Waals surface area contributed by atoms with Crippen molar-refractivity contribution in [2.45, 2.75) is 30.7 Å². The molecule has 18 heavy (non-hydrogen) atoms. The van der Waals surface area contributed by atoms with Gasteiger partial charge in [0, 0.05) is 19.3 Å². The van der Waals surface area contributed by atoms with E-state index in [9.17, 15) is 4.79 Å². The van der Waals surface area contributed by atoms with Crippen LogP contribution in [0.1, 0.15) is 20.3 Å². The molecule has 2 aromatic heterocycles. The van der Waals surface area contributed by atoms with Gasteiger partial charge in [-0.25, -0.2) is 9.78 Å². The molecular formula is C11H16N4OS2. The summed E-state index contributed by atoms with van der Waals surface area (Å²) in [7, 11) is 3.38. The van der Waals surface area contributed by atoms with Gasteiger partial charge in [-0.3, -0.25) is 9.13 Å². The van der Waals surface area contributed by atoms with Crippen LogP contribution >= 0.6 is 24.0 Å². The lowest BCUT2D eigenvalue weighted by atomic mass is 10.4. The van der Waals surface area contributed by atoms with E-state index in [0.717, 1.165) is 17.1 Å². The van der Waals surface area contributed by atoms with Crippen molar-refractivity contribution in [3.05, 3.63) is 15.1 Å². The molecule has 98 valence electrons. The van der Waals surface area contributed by atoms with Gasteiger partial charge in [-0.1, -0.05) is 37.8 Å². The van der Waals surface area contributed by atoms with Gasteiger partial charge in [-0.2, -0.15) is 0 Å². The molecule has 0 unspecified atom stereocenters. The van der Waals surface area contributed by atoms with Gasteiger partial charge < -0.3 is 4.98 Å². The summed E-state index contributed by atoms with van der Waals surface area (Å²) in [6.45, 7) is 4.28. The Labute approximate surface area is 114 Å². The number of rotatable bonds is 3. The smallest absolute Gasteiger partial charge is 0.329 e. The third kappa shape index (κ3) is 2.12. The van der Waals surface area contributed by atoms with Gasteiger partial charge >= 0.3 is 5.69 Å². The molecule has 0 aliphatic rings. The highest BCUT2D eigenvalue weighted by Gasteiger charge is 2.12. The number of fused-ring (bicyclic) bond motifs is 1. The summed E-state index contributed by atoms with van der Waals surface area (Å²) in [5.74, 6) is 0. The third-order valence-corrected chi connectivity index (χ3v) is 4.59. The quantitative estimate of drug-likeness (QED) is 0.693. The fourth-order valence-electron chi connectivity index (χ4n) is 1.63. The van der Waals surface area contributed by atoms with Gasteiger partial charge in [-0.05, 0) is 6.42 Å². The summed E-state index contributed by atoms with van der Waals surface area (Å²) < 4.78 is 3.46. The number of hydrogen-bond acceptors (Lipinski definition) is 4. The summed E-state index contributed by atoms with van der Waals surface area (Å²) in [4.78, 5) is 19.5. The van der Waals surface area contributed by atoms with E-state index in [1.165, 1.54) is 9.13 Å². The van der Waals surface area contributed by atoms with E-state index < -0.39 is 0 Å². The minimum atomic E-state index is -0.154. The van der Waals surface area contributed by atoms with Gasteiger partial charge in [0.25, 0.3) is 0 Å². The zero-order chi connectivity index (χ0) is 13.4. The van der Waals surface area contributed by atoms with E-state index in [4.69, 9.17) is 12.2 Å². The van der Waals surface area contributed by atoms with Crippen LogP contribution in [0.15, 0.2) is 9.95 Å². The van der Waals surface area contributed by atoms with Crippen LogP contribution in [0.2, 0.25) is 0 Å². The number of H-pyrrole nitrogens is 1. The molecule has 7 heteroatoms. The van der Waals surface area contributed by atoms with E-state index in [-0.39, 0.29) is 5.69 Å². The minimum absolute atomic E-state index is 0.154. The first kappa shape index (κ1) is 13.4. The number of aromatic nitrogens is 4. The Morgan fingerprint density at radius 3 is 2.72 bits per heavy atom. The normalized spacial score (nSPS) is 13.1. The fraction of sp³-hybridized carbons (Fsp3) is 0.545. The summed E-state index contributed by atoms with van der Waals surface area (Å²) in [6, 6.07) is 0. The number of thioether (sulfide) groups is 1. The Hall–Kier alpha value is -1.08. The average molecular weight is 284 g/mol. The number of aromatic amines is 1. The second-order valence-corrected chi connectivity index (χ2v) is 6.10. The summed E-state index contributed by atoms with van der Waals surface area (Å²) >= 11 is 6.93. The minimum Gasteiger partial charge on any atom is -0.329 e. The molecule has 2 aromatic rings. The van der Waals surface area contributed by atoms with Gasteiger partial charge in [-0.15, -0.1) is 0 Å². The molecule has 5 nitrogen and oxygen atoms in total. The van der Waals surface area contributed by atoms with E-state index in [1.807, 2.05) is 0 Å². The van der Waals surface area contributed by atoms with Crippen LogP contribution in [0.3, 0.4) is 0 Å². The fourth-order valence-corrected chi connectivity index (χ4v) is 2.70. The summed E-state index contributed by atoms with van der Waals surface area (Å²) in [5, 5.41) is 1.29. The second kappa shape index (κ2) is 4.89. The molecule has 0 aliphatic heterocycles. The number of nitrogens with one attached hydrogen (secondary N) is 1. The lowest BCUT2D eigenvalue weighted by Crippen LogP contribution is -2.27. The zero-order valence-electron chi connectivity index (χ0n) is 10.9. The molecule has 0 bridgehead atoms. The number of aryl methyl sites for hydroxylation is 1. The van der Waals surface area contributed by atoms with Crippen LogP contribution in [-0.2, 0) is 14.1 Å².